The summed E-state index contributed by atoms with van der Waals surface area (Å²) in [7, 11) is 0. The topological polar surface area (TPSA) is 64.9 Å². The van der Waals surface area contributed by atoms with Gasteiger partial charge in [-0.2, -0.15) is 4.98 Å². The number of nitrogens with zero attached hydrogens (tertiary/aromatic N) is 2. The van der Waals surface area contributed by atoms with Crippen molar-refractivity contribution in [2.24, 2.45) is 5.73 Å². The van der Waals surface area contributed by atoms with Crippen LogP contribution in [0.2, 0.25) is 10.0 Å². The van der Waals surface area contributed by atoms with E-state index in [1.807, 2.05) is 6.92 Å². The molecule has 4 nitrogen and oxygen atoms in total. The second-order valence-corrected chi connectivity index (χ2v) is 4.54. The van der Waals surface area contributed by atoms with Crippen molar-refractivity contribution in [3.8, 4) is 11.4 Å². The van der Waals surface area contributed by atoms with E-state index in [9.17, 15) is 0 Å². The van der Waals surface area contributed by atoms with Gasteiger partial charge in [0.1, 0.15) is 0 Å². The van der Waals surface area contributed by atoms with E-state index in [1.165, 1.54) is 0 Å². The first kappa shape index (κ1) is 12.4. The molecule has 0 radical (unpaired) electrons. The van der Waals surface area contributed by atoms with Crippen LogP contribution in [0.4, 0.5) is 0 Å². The van der Waals surface area contributed by atoms with Crippen molar-refractivity contribution >= 4 is 23.2 Å². The lowest BCUT2D eigenvalue weighted by Crippen LogP contribution is -2.08. The summed E-state index contributed by atoms with van der Waals surface area (Å²) in [6.45, 7) is 2.38. The van der Waals surface area contributed by atoms with Gasteiger partial charge in [-0.15, -0.1) is 0 Å². The number of nitrogens with two attached hydrogens (primary N) is 1. The standard InChI is InChI=1S/C11H11Cl2N3O/c1-6(5-14)11-15-10(16-17-11)7-2-3-8(12)9(13)4-7/h2-4,6H,5,14H2,1H3. The van der Waals surface area contributed by atoms with Crippen LogP contribution in [-0.2, 0) is 0 Å². The molecule has 0 aliphatic heterocycles. The predicted molar refractivity (Wildman–Crippen MR) is 67.2 cm³/mol. The van der Waals surface area contributed by atoms with Gasteiger partial charge in [0.2, 0.25) is 11.7 Å². The maximum absolute atomic E-state index is 5.92. The number of hydrogen-bond acceptors (Lipinski definition) is 4. The van der Waals surface area contributed by atoms with Gasteiger partial charge in [-0.3, -0.25) is 0 Å². The maximum atomic E-state index is 5.92. The monoisotopic (exact) mass is 271 g/mol. The average molecular weight is 272 g/mol. The molecule has 0 saturated carbocycles. The highest BCUT2D eigenvalue weighted by molar-refractivity contribution is 6.42. The Bertz CT molecular complexity index is 527. The highest BCUT2D eigenvalue weighted by Gasteiger charge is 2.14. The molecule has 0 spiro atoms. The van der Waals surface area contributed by atoms with Gasteiger partial charge >= 0.3 is 0 Å². The summed E-state index contributed by atoms with van der Waals surface area (Å²) >= 11 is 11.8. The molecule has 17 heavy (non-hydrogen) atoms. The fourth-order valence-corrected chi connectivity index (χ4v) is 1.59. The second kappa shape index (κ2) is 5.04. The van der Waals surface area contributed by atoms with E-state index in [0.717, 1.165) is 5.56 Å². The summed E-state index contributed by atoms with van der Waals surface area (Å²) in [5.74, 6) is 1.05. The third kappa shape index (κ3) is 2.60. The van der Waals surface area contributed by atoms with Crippen LogP contribution in [0.1, 0.15) is 18.7 Å². The Hall–Kier alpha value is -1.10. The zero-order valence-electron chi connectivity index (χ0n) is 9.15. The first-order valence-corrected chi connectivity index (χ1v) is 5.86. The Kier molecular flexibility index (Phi) is 3.66. The van der Waals surface area contributed by atoms with Crippen LogP contribution in [0.15, 0.2) is 22.7 Å². The summed E-state index contributed by atoms with van der Waals surface area (Å²) < 4.78 is 5.12. The third-order valence-electron chi connectivity index (χ3n) is 2.39. The fraction of sp³-hybridized carbons (Fsp3) is 0.273. The van der Waals surface area contributed by atoms with Crippen molar-refractivity contribution < 1.29 is 4.52 Å². The molecule has 0 bridgehead atoms. The number of aromatic nitrogens is 2. The molecule has 0 aliphatic rings. The lowest BCUT2D eigenvalue weighted by atomic mass is 10.2. The molecule has 2 N–H and O–H groups in total. The van der Waals surface area contributed by atoms with Crippen LogP contribution in [0.3, 0.4) is 0 Å². The Morgan fingerprint density at radius 1 is 1.35 bits per heavy atom. The van der Waals surface area contributed by atoms with Gasteiger partial charge in [0.25, 0.3) is 0 Å². The van der Waals surface area contributed by atoms with E-state index >= 15 is 0 Å². The Morgan fingerprint density at radius 2 is 2.12 bits per heavy atom. The van der Waals surface area contributed by atoms with Crippen LogP contribution < -0.4 is 5.73 Å². The Morgan fingerprint density at radius 3 is 2.76 bits per heavy atom. The van der Waals surface area contributed by atoms with E-state index in [0.29, 0.717) is 28.3 Å². The van der Waals surface area contributed by atoms with Gasteiger partial charge < -0.3 is 10.3 Å². The molecule has 0 aliphatic carbocycles. The second-order valence-electron chi connectivity index (χ2n) is 3.72. The molecule has 2 rings (SSSR count). The molecular weight excluding hydrogens is 261 g/mol. The minimum atomic E-state index is 0.0408. The van der Waals surface area contributed by atoms with E-state index in [4.69, 9.17) is 33.5 Å². The lowest BCUT2D eigenvalue weighted by Gasteiger charge is -1.99. The number of halogens is 2. The molecule has 1 heterocycles. The normalized spacial score (nSPS) is 12.7. The molecule has 2 aromatic rings. The van der Waals surface area contributed by atoms with Crippen molar-refractivity contribution in [1.82, 2.24) is 10.1 Å². The van der Waals surface area contributed by atoms with Crippen LogP contribution in [0.5, 0.6) is 0 Å². The molecule has 1 aromatic carbocycles. The molecule has 6 heteroatoms. The summed E-state index contributed by atoms with van der Waals surface area (Å²) in [4.78, 5) is 4.26. The van der Waals surface area contributed by atoms with E-state index in [-0.39, 0.29) is 5.92 Å². The van der Waals surface area contributed by atoms with Crippen LogP contribution in [0.25, 0.3) is 11.4 Å². The summed E-state index contributed by atoms with van der Waals surface area (Å²) in [5, 5.41) is 4.84. The number of rotatable bonds is 3. The largest absolute Gasteiger partial charge is 0.339 e. The quantitative estimate of drug-likeness (QED) is 0.932. The molecule has 90 valence electrons. The van der Waals surface area contributed by atoms with Gasteiger partial charge in [0.15, 0.2) is 0 Å². The Labute approximate surface area is 109 Å². The van der Waals surface area contributed by atoms with Crippen molar-refractivity contribution in [3.05, 3.63) is 34.1 Å². The van der Waals surface area contributed by atoms with Crippen molar-refractivity contribution in [3.63, 3.8) is 0 Å². The average Bonchev–Trinajstić information content (AvgIpc) is 2.81. The van der Waals surface area contributed by atoms with Gasteiger partial charge in [-0.1, -0.05) is 35.3 Å². The number of benzene rings is 1. The third-order valence-corrected chi connectivity index (χ3v) is 3.13. The predicted octanol–water partition coefficient (Wildman–Crippen LogP) is 3.11. The summed E-state index contributed by atoms with van der Waals surface area (Å²) in [6, 6.07) is 5.18. The maximum Gasteiger partial charge on any atom is 0.231 e. The zero-order valence-corrected chi connectivity index (χ0v) is 10.7. The van der Waals surface area contributed by atoms with Gasteiger partial charge in [0.05, 0.1) is 10.0 Å². The first-order valence-electron chi connectivity index (χ1n) is 5.11. The van der Waals surface area contributed by atoms with Gasteiger partial charge in [-0.05, 0) is 18.2 Å². The fourth-order valence-electron chi connectivity index (χ4n) is 1.29. The highest BCUT2D eigenvalue weighted by atomic mass is 35.5. The van der Waals surface area contributed by atoms with Crippen molar-refractivity contribution in [2.45, 2.75) is 12.8 Å². The van der Waals surface area contributed by atoms with Gasteiger partial charge in [-0.25, -0.2) is 0 Å². The Balaban J connectivity index is 2.33. The molecule has 1 unspecified atom stereocenters. The van der Waals surface area contributed by atoms with Gasteiger partial charge in [0, 0.05) is 18.0 Å². The summed E-state index contributed by atoms with van der Waals surface area (Å²) in [6.07, 6.45) is 0. The SMILES string of the molecule is CC(CN)c1nc(-c2ccc(Cl)c(Cl)c2)no1. The molecule has 0 saturated heterocycles. The molecule has 1 atom stereocenters. The molecule has 0 fully saturated rings. The lowest BCUT2D eigenvalue weighted by molar-refractivity contribution is 0.361. The first-order chi connectivity index (χ1) is 8.11. The zero-order chi connectivity index (χ0) is 12.4. The molecule has 1 aromatic heterocycles. The van der Waals surface area contributed by atoms with E-state index in [2.05, 4.69) is 10.1 Å². The smallest absolute Gasteiger partial charge is 0.231 e. The minimum Gasteiger partial charge on any atom is -0.339 e. The van der Waals surface area contributed by atoms with E-state index < -0.39 is 0 Å². The van der Waals surface area contributed by atoms with Crippen LogP contribution in [-0.4, -0.2) is 16.7 Å². The van der Waals surface area contributed by atoms with Crippen molar-refractivity contribution in [1.29, 1.82) is 0 Å². The molecular formula is C11H11Cl2N3O. The van der Waals surface area contributed by atoms with E-state index in [1.54, 1.807) is 18.2 Å². The van der Waals surface area contributed by atoms with Crippen molar-refractivity contribution in [2.75, 3.05) is 6.54 Å². The number of hydrogen-bond donors (Lipinski definition) is 1. The molecule has 0 amide bonds. The van der Waals surface area contributed by atoms with Crippen LogP contribution in [0, 0.1) is 0 Å². The minimum absolute atomic E-state index is 0.0408. The van der Waals surface area contributed by atoms with Crippen LogP contribution >= 0.6 is 23.2 Å². The highest BCUT2D eigenvalue weighted by Crippen LogP contribution is 2.27. The summed E-state index contributed by atoms with van der Waals surface area (Å²) in [5.41, 5.74) is 6.29.